The zero-order valence-electron chi connectivity index (χ0n) is 17.3. The van der Waals surface area contributed by atoms with Crippen LogP contribution in [-0.2, 0) is 0 Å². The van der Waals surface area contributed by atoms with Crippen molar-refractivity contribution in [3.05, 3.63) is 77.9 Å². The third-order valence-corrected chi connectivity index (χ3v) is 7.01. The first-order valence-electron chi connectivity index (χ1n) is 10.4. The van der Waals surface area contributed by atoms with E-state index in [9.17, 15) is 4.79 Å². The van der Waals surface area contributed by atoms with E-state index in [0.29, 0.717) is 0 Å². The molecule has 3 aromatic carbocycles. The maximum absolute atomic E-state index is 13.7. The minimum Gasteiger partial charge on any atom is -0.368 e. The smallest absolute Gasteiger partial charge is 0.329 e. The van der Waals surface area contributed by atoms with Gasteiger partial charge in [0, 0.05) is 41.7 Å². The van der Waals surface area contributed by atoms with Crippen LogP contribution in [-0.4, -0.2) is 37.1 Å². The molecule has 5 rings (SSSR count). The van der Waals surface area contributed by atoms with Crippen LogP contribution in [0.3, 0.4) is 0 Å². The first-order valence-corrected chi connectivity index (χ1v) is 11.2. The minimum atomic E-state index is 0.0656. The number of para-hydroxylation sites is 2. The topological polar surface area (TPSA) is 26.8 Å². The van der Waals surface area contributed by atoms with E-state index in [-0.39, 0.29) is 6.03 Å². The number of amides is 2. The summed E-state index contributed by atoms with van der Waals surface area (Å²) in [5, 5.41) is 0. The number of hydrogen-bond acceptors (Lipinski definition) is 3. The van der Waals surface area contributed by atoms with Gasteiger partial charge in [-0.1, -0.05) is 48.2 Å². The second-order valence-electron chi connectivity index (χ2n) is 7.92. The summed E-state index contributed by atoms with van der Waals surface area (Å²) in [6, 6.07) is 23.0. The lowest BCUT2D eigenvalue weighted by Gasteiger charge is -2.40. The van der Waals surface area contributed by atoms with Crippen molar-refractivity contribution in [3.63, 3.8) is 0 Å². The number of piperazine rings is 1. The van der Waals surface area contributed by atoms with Gasteiger partial charge < -0.3 is 9.80 Å². The van der Waals surface area contributed by atoms with Crippen LogP contribution < -0.4 is 9.80 Å². The molecule has 3 aromatic rings. The standard InChI is InChI=1S/C25H25N3OS/c1-18-11-12-19(2)22(17-18)26-13-15-27(16-14-26)25(29)28-20-7-3-5-9-23(20)30-24-10-6-4-8-21(24)28/h3-12,17H,13-16H2,1-2H3. The summed E-state index contributed by atoms with van der Waals surface area (Å²) in [5.74, 6) is 0. The van der Waals surface area contributed by atoms with Crippen LogP contribution in [0.1, 0.15) is 11.1 Å². The highest BCUT2D eigenvalue weighted by Gasteiger charge is 2.32. The maximum Gasteiger partial charge on any atom is 0.329 e. The molecule has 0 saturated carbocycles. The van der Waals surface area contributed by atoms with Gasteiger partial charge in [-0.05, 0) is 55.3 Å². The molecule has 152 valence electrons. The third kappa shape index (κ3) is 3.33. The zero-order chi connectivity index (χ0) is 20.7. The first kappa shape index (κ1) is 19.1. The quantitative estimate of drug-likeness (QED) is 0.499. The van der Waals surface area contributed by atoms with Crippen LogP contribution in [0.2, 0.25) is 0 Å². The van der Waals surface area contributed by atoms with Crippen LogP contribution >= 0.6 is 11.8 Å². The largest absolute Gasteiger partial charge is 0.368 e. The van der Waals surface area contributed by atoms with Crippen LogP contribution in [0, 0.1) is 13.8 Å². The van der Waals surface area contributed by atoms with Crippen molar-refractivity contribution >= 4 is 34.9 Å². The number of urea groups is 1. The van der Waals surface area contributed by atoms with Gasteiger partial charge in [-0.15, -0.1) is 0 Å². The molecule has 2 aliphatic rings. The van der Waals surface area contributed by atoms with E-state index in [4.69, 9.17) is 0 Å². The van der Waals surface area contributed by atoms with E-state index in [2.05, 4.69) is 49.1 Å². The number of benzene rings is 3. The average molecular weight is 416 g/mol. The Morgan fingerprint density at radius 2 is 1.37 bits per heavy atom. The number of rotatable bonds is 1. The van der Waals surface area contributed by atoms with E-state index in [0.717, 1.165) is 47.3 Å². The summed E-state index contributed by atoms with van der Waals surface area (Å²) in [4.78, 5) is 22.2. The summed E-state index contributed by atoms with van der Waals surface area (Å²) in [6.07, 6.45) is 0. The molecule has 30 heavy (non-hydrogen) atoms. The second kappa shape index (κ2) is 7.73. The van der Waals surface area contributed by atoms with Gasteiger partial charge in [0.15, 0.2) is 0 Å². The van der Waals surface area contributed by atoms with Crippen LogP contribution in [0.5, 0.6) is 0 Å². The van der Waals surface area contributed by atoms with Crippen molar-refractivity contribution in [3.8, 4) is 0 Å². The Kier molecular flexibility index (Phi) is 4.91. The summed E-state index contributed by atoms with van der Waals surface area (Å²) < 4.78 is 0. The van der Waals surface area contributed by atoms with E-state index in [1.165, 1.54) is 16.8 Å². The Bertz CT molecular complexity index is 1060. The molecule has 0 spiro atoms. The molecular weight excluding hydrogens is 390 g/mol. The normalized spacial score (nSPS) is 15.6. The second-order valence-corrected chi connectivity index (χ2v) is 9.00. The number of fused-ring (bicyclic) bond motifs is 2. The van der Waals surface area contributed by atoms with Crippen LogP contribution in [0.4, 0.5) is 21.9 Å². The lowest BCUT2D eigenvalue weighted by molar-refractivity contribution is 0.203. The molecule has 2 amide bonds. The van der Waals surface area contributed by atoms with Crippen molar-refractivity contribution in [2.75, 3.05) is 36.0 Å². The lowest BCUT2D eigenvalue weighted by Crippen LogP contribution is -2.52. The predicted molar refractivity (Wildman–Crippen MR) is 124 cm³/mol. The fourth-order valence-electron chi connectivity index (χ4n) is 4.25. The van der Waals surface area contributed by atoms with Gasteiger partial charge in [-0.25, -0.2) is 4.79 Å². The van der Waals surface area contributed by atoms with Crippen LogP contribution in [0.15, 0.2) is 76.5 Å². The Hall–Kier alpha value is -2.92. The summed E-state index contributed by atoms with van der Waals surface area (Å²) in [5.41, 5.74) is 5.79. The van der Waals surface area contributed by atoms with Crippen molar-refractivity contribution in [1.29, 1.82) is 0 Å². The highest BCUT2D eigenvalue weighted by atomic mass is 32.2. The Morgan fingerprint density at radius 1 is 0.767 bits per heavy atom. The lowest BCUT2D eigenvalue weighted by atomic mass is 10.1. The SMILES string of the molecule is Cc1ccc(C)c(N2CCN(C(=O)N3c4ccccc4Sc4ccccc43)CC2)c1. The Labute approximate surface area is 182 Å². The molecular formula is C25H25N3OS. The number of carbonyl (C=O) groups excluding carboxylic acids is 1. The summed E-state index contributed by atoms with van der Waals surface area (Å²) in [7, 11) is 0. The molecule has 0 radical (unpaired) electrons. The van der Waals surface area contributed by atoms with E-state index >= 15 is 0 Å². The van der Waals surface area contributed by atoms with Crippen molar-refractivity contribution in [2.24, 2.45) is 0 Å². The van der Waals surface area contributed by atoms with Crippen molar-refractivity contribution in [2.45, 2.75) is 23.6 Å². The van der Waals surface area contributed by atoms with Crippen molar-refractivity contribution < 1.29 is 4.79 Å². The maximum atomic E-state index is 13.7. The molecule has 0 aromatic heterocycles. The zero-order valence-corrected chi connectivity index (χ0v) is 18.2. The number of aryl methyl sites for hydroxylation is 2. The van der Waals surface area contributed by atoms with Crippen molar-refractivity contribution in [1.82, 2.24) is 4.90 Å². The molecule has 2 aliphatic heterocycles. The van der Waals surface area contributed by atoms with Crippen LogP contribution in [0.25, 0.3) is 0 Å². The Morgan fingerprint density at radius 3 is 2.00 bits per heavy atom. The fourth-order valence-corrected chi connectivity index (χ4v) is 5.31. The van der Waals surface area contributed by atoms with E-state index < -0.39 is 0 Å². The average Bonchev–Trinajstić information content (AvgIpc) is 2.78. The predicted octanol–water partition coefficient (Wildman–Crippen LogP) is 5.85. The van der Waals surface area contributed by atoms with E-state index in [1.807, 2.05) is 46.2 Å². The number of carbonyl (C=O) groups is 1. The van der Waals surface area contributed by atoms with Gasteiger partial charge >= 0.3 is 6.03 Å². The molecule has 0 atom stereocenters. The first-order chi connectivity index (χ1) is 14.6. The summed E-state index contributed by atoms with van der Waals surface area (Å²) in [6.45, 7) is 7.43. The van der Waals surface area contributed by atoms with Gasteiger partial charge in [-0.2, -0.15) is 0 Å². The molecule has 0 bridgehead atoms. The molecule has 2 heterocycles. The van der Waals surface area contributed by atoms with Gasteiger partial charge in [0.25, 0.3) is 0 Å². The molecule has 1 fully saturated rings. The Balaban J connectivity index is 1.40. The number of nitrogens with zero attached hydrogens (tertiary/aromatic N) is 3. The summed E-state index contributed by atoms with van der Waals surface area (Å²) >= 11 is 1.73. The third-order valence-electron chi connectivity index (χ3n) is 5.88. The van der Waals surface area contributed by atoms with E-state index in [1.54, 1.807) is 11.8 Å². The van der Waals surface area contributed by atoms with Gasteiger partial charge in [0.05, 0.1) is 11.4 Å². The molecule has 0 aliphatic carbocycles. The molecule has 5 heteroatoms. The molecule has 0 unspecified atom stereocenters. The number of anilines is 3. The highest BCUT2D eigenvalue weighted by molar-refractivity contribution is 7.99. The van der Waals surface area contributed by atoms with Gasteiger partial charge in [0.2, 0.25) is 0 Å². The molecule has 0 N–H and O–H groups in total. The monoisotopic (exact) mass is 415 g/mol. The fraction of sp³-hybridized carbons (Fsp3) is 0.240. The molecule has 1 saturated heterocycles. The van der Waals surface area contributed by atoms with Gasteiger partial charge in [-0.3, -0.25) is 4.90 Å². The molecule has 4 nitrogen and oxygen atoms in total. The minimum absolute atomic E-state index is 0.0656. The number of hydrogen-bond donors (Lipinski definition) is 0. The van der Waals surface area contributed by atoms with Gasteiger partial charge in [0.1, 0.15) is 0 Å². The highest BCUT2D eigenvalue weighted by Crippen LogP contribution is 2.48.